The normalized spacial score (nSPS) is 10.8. The molecule has 0 amide bonds. The van der Waals surface area contributed by atoms with Crippen LogP contribution in [-0.4, -0.2) is 19.3 Å². The number of hydrogen-bond donors (Lipinski definition) is 0. The van der Waals surface area contributed by atoms with E-state index in [1.807, 2.05) is 18.2 Å². The molecular weight excluding hydrogens is 335 g/mol. The van der Waals surface area contributed by atoms with E-state index in [2.05, 4.69) is 41.9 Å². The zero-order chi connectivity index (χ0) is 11.0. The second kappa shape index (κ2) is 4.02. The molecule has 2 aromatic heterocycles. The van der Waals surface area contributed by atoms with E-state index in [9.17, 15) is 0 Å². The molecule has 0 aliphatic rings. The highest BCUT2D eigenvalue weighted by Crippen LogP contribution is 2.27. The average Bonchev–Trinajstić information content (AvgIpc) is 2.75. The number of rotatable bonds is 1. The van der Waals surface area contributed by atoms with Crippen molar-refractivity contribution in [3.8, 4) is 10.6 Å². The zero-order valence-electron chi connectivity index (χ0n) is 7.96. The van der Waals surface area contributed by atoms with Gasteiger partial charge in [0, 0.05) is 40.5 Å². The summed E-state index contributed by atoms with van der Waals surface area (Å²) in [4.78, 5) is 13.0. The minimum Gasteiger partial charge on any atom is -0.253 e. The first-order chi connectivity index (χ1) is 7.84. The highest BCUT2D eigenvalue weighted by molar-refractivity contribution is 14.1. The molecule has 0 aliphatic heterocycles. The van der Waals surface area contributed by atoms with Gasteiger partial charge < -0.3 is 0 Å². The lowest BCUT2D eigenvalue weighted by Gasteiger charge is -2.00. The van der Waals surface area contributed by atoms with Gasteiger partial charge in [0.25, 0.3) is 0 Å². The molecule has 78 valence electrons. The summed E-state index contributed by atoms with van der Waals surface area (Å²) in [5.41, 5.74) is 2.74. The Morgan fingerprint density at radius 3 is 2.81 bits per heavy atom. The van der Waals surface area contributed by atoms with E-state index in [1.165, 1.54) is 11.5 Å². The van der Waals surface area contributed by atoms with Crippen molar-refractivity contribution >= 4 is 45.2 Å². The fraction of sp³-hybridized carbons (Fsp3) is 0. The maximum absolute atomic E-state index is 4.36. The first-order valence-electron chi connectivity index (χ1n) is 4.54. The Hall–Kier alpha value is -1.15. The van der Waals surface area contributed by atoms with E-state index in [0.29, 0.717) is 0 Å². The molecule has 3 aromatic rings. The van der Waals surface area contributed by atoms with Gasteiger partial charge in [0.2, 0.25) is 3.83 Å². The molecule has 0 saturated carbocycles. The average molecular weight is 340 g/mol. The molecule has 16 heavy (non-hydrogen) atoms. The SMILES string of the molecule is Ic1nsc(-c2cccc3nccnc23)n1. The van der Waals surface area contributed by atoms with Gasteiger partial charge in [-0.2, -0.15) is 4.37 Å². The molecule has 6 heteroatoms. The van der Waals surface area contributed by atoms with Gasteiger partial charge in [0.1, 0.15) is 5.01 Å². The van der Waals surface area contributed by atoms with Crippen LogP contribution in [0.3, 0.4) is 0 Å². The Bertz CT molecular complexity index is 647. The molecule has 3 rings (SSSR count). The summed E-state index contributed by atoms with van der Waals surface area (Å²) in [7, 11) is 0. The summed E-state index contributed by atoms with van der Waals surface area (Å²) < 4.78 is 4.93. The van der Waals surface area contributed by atoms with Crippen LogP contribution in [0.1, 0.15) is 0 Å². The molecular formula is C10H5IN4S. The fourth-order valence-corrected chi connectivity index (χ4v) is 2.77. The van der Waals surface area contributed by atoms with Crippen LogP contribution in [-0.2, 0) is 0 Å². The number of benzene rings is 1. The Labute approximate surface area is 109 Å². The van der Waals surface area contributed by atoms with E-state index < -0.39 is 0 Å². The predicted molar refractivity (Wildman–Crippen MR) is 71.2 cm³/mol. The summed E-state index contributed by atoms with van der Waals surface area (Å²) in [6.07, 6.45) is 3.38. The van der Waals surface area contributed by atoms with Crippen molar-refractivity contribution in [2.24, 2.45) is 0 Å². The molecule has 1 aromatic carbocycles. The van der Waals surface area contributed by atoms with Crippen LogP contribution in [0.2, 0.25) is 0 Å². The quantitative estimate of drug-likeness (QED) is 0.639. The van der Waals surface area contributed by atoms with E-state index >= 15 is 0 Å². The van der Waals surface area contributed by atoms with Gasteiger partial charge in [-0.15, -0.1) is 0 Å². The summed E-state index contributed by atoms with van der Waals surface area (Å²) in [5, 5.41) is 0.885. The molecule has 0 radical (unpaired) electrons. The maximum atomic E-state index is 4.36. The minimum atomic E-state index is 0.762. The monoisotopic (exact) mass is 340 g/mol. The number of nitrogens with zero attached hydrogens (tertiary/aromatic N) is 4. The van der Waals surface area contributed by atoms with Gasteiger partial charge in [-0.25, -0.2) is 4.98 Å². The Balaban J connectivity index is 2.31. The standard InChI is InChI=1S/C10H5IN4S/c11-10-14-9(16-15-10)6-2-1-3-7-8(6)13-5-4-12-7/h1-5H. The number of fused-ring (bicyclic) bond motifs is 1. The van der Waals surface area contributed by atoms with Crippen LogP contribution in [0.4, 0.5) is 0 Å². The van der Waals surface area contributed by atoms with Crippen LogP contribution in [0, 0.1) is 3.83 Å². The van der Waals surface area contributed by atoms with Crippen molar-refractivity contribution in [3.63, 3.8) is 0 Å². The molecule has 0 atom stereocenters. The van der Waals surface area contributed by atoms with Crippen molar-refractivity contribution in [1.82, 2.24) is 19.3 Å². The van der Waals surface area contributed by atoms with Gasteiger partial charge in [-0.1, -0.05) is 6.07 Å². The van der Waals surface area contributed by atoms with Crippen molar-refractivity contribution in [2.45, 2.75) is 0 Å². The molecule has 0 saturated heterocycles. The molecule has 0 spiro atoms. The number of aromatic nitrogens is 4. The zero-order valence-corrected chi connectivity index (χ0v) is 10.9. The Kier molecular flexibility index (Phi) is 2.52. The maximum Gasteiger partial charge on any atom is 0.203 e. The van der Waals surface area contributed by atoms with E-state index in [0.717, 1.165) is 25.4 Å². The number of para-hydroxylation sites is 1. The van der Waals surface area contributed by atoms with Crippen LogP contribution in [0.15, 0.2) is 30.6 Å². The Morgan fingerprint density at radius 2 is 2.00 bits per heavy atom. The van der Waals surface area contributed by atoms with Crippen LogP contribution in [0.5, 0.6) is 0 Å². The summed E-state index contributed by atoms with van der Waals surface area (Å²) >= 11 is 3.48. The third-order valence-corrected chi connectivity index (χ3v) is 3.69. The first-order valence-corrected chi connectivity index (χ1v) is 6.39. The number of halogens is 1. The minimum absolute atomic E-state index is 0.762. The van der Waals surface area contributed by atoms with Crippen molar-refractivity contribution in [3.05, 3.63) is 34.4 Å². The van der Waals surface area contributed by atoms with Crippen LogP contribution in [0.25, 0.3) is 21.6 Å². The summed E-state index contributed by atoms with van der Waals surface area (Å²) in [6, 6.07) is 5.89. The third-order valence-electron chi connectivity index (χ3n) is 2.13. The molecule has 4 nitrogen and oxygen atoms in total. The van der Waals surface area contributed by atoms with Gasteiger partial charge in [-0.05, 0) is 23.7 Å². The Morgan fingerprint density at radius 1 is 1.12 bits per heavy atom. The lowest BCUT2D eigenvalue weighted by molar-refractivity contribution is 1.25. The predicted octanol–water partition coefficient (Wildman–Crippen LogP) is 2.75. The molecule has 0 unspecified atom stereocenters. The van der Waals surface area contributed by atoms with Gasteiger partial charge >= 0.3 is 0 Å². The van der Waals surface area contributed by atoms with Crippen LogP contribution < -0.4 is 0 Å². The summed E-state index contributed by atoms with van der Waals surface area (Å²) in [5.74, 6) is 0. The largest absolute Gasteiger partial charge is 0.253 e. The molecule has 0 bridgehead atoms. The van der Waals surface area contributed by atoms with Gasteiger partial charge in [0.05, 0.1) is 11.0 Å². The lowest BCUT2D eigenvalue weighted by atomic mass is 10.2. The van der Waals surface area contributed by atoms with E-state index in [4.69, 9.17) is 0 Å². The highest BCUT2D eigenvalue weighted by atomic mass is 127. The molecule has 0 N–H and O–H groups in total. The van der Waals surface area contributed by atoms with E-state index in [-0.39, 0.29) is 0 Å². The summed E-state index contributed by atoms with van der Waals surface area (Å²) in [6.45, 7) is 0. The highest BCUT2D eigenvalue weighted by Gasteiger charge is 2.09. The fourth-order valence-electron chi connectivity index (χ4n) is 1.48. The second-order valence-corrected chi connectivity index (χ2v) is 4.81. The van der Waals surface area contributed by atoms with E-state index in [1.54, 1.807) is 12.4 Å². The van der Waals surface area contributed by atoms with Crippen LogP contribution >= 0.6 is 34.1 Å². The second-order valence-electron chi connectivity index (χ2n) is 3.10. The van der Waals surface area contributed by atoms with Crippen molar-refractivity contribution in [2.75, 3.05) is 0 Å². The molecule has 0 aliphatic carbocycles. The molecule has 0 fully saturated rings. The lowest BCUT2D eigenvalue weighted by Crippen LogP contribution is -1.86. The third kappa shape index (κ3) is 1.67. The van der Waals surface area contributed by atoms with Gasteiger partial charge in [-0.3, -0.25) is 9.97 Å². The smallest absolute Gasteiger partial charge is 0.203 e. The van der Waals surface area contributed by atoms with Crippen molar-refractivity contribution < 1.29 is 0 Å². The first kappa shape index (κ1) is 10.0. The van der Waals surface area contributed by atoms with Gasteiger partial charge in [0.15, 0.2) is 0 Å². The molecule has 2 heterocycles. The topological polar surface area (TPSA) is 51.6 Å². The number of hydrogen-bond acceptors (Lipinski definition) is 5. The van der Waals surface area contributed by atoms with Crippen molar-refractivity contribution in [1.29, 1.82) is 0 Å².